The molecule has 0 spiro atoms. The number of carbonyl (C=O) groups is 2. The van der Waals surface area contributed by atoms with E-state index in [4.69, 9.17) is 9.47 Å². The lowest BCUT2D eigenvalue weighted by Gasteiger charge is -2.26. The van der Waals surface area contributed by atoms with E-state index < -0.39 is 35.4 Å². The lowest BCUT2D eigenvalue weighted by atomic mass is 10.1. The van der Waals surface area contributed by atoms with Crippen molar-refractivity contribution in [3.8, 4) is 0 Å². The SMILES string of the molecule is CC(C)(C)OC(=O)N[C@@H](CCC(O)CBr)C(=O)OC(C)(C)C. The summed E-state index contributed by atoms with van der Waals surface area (Å²) in [6.45, 7) is 10.5. The van der Waals surface area contributed by atoms with Crippen LogP contribution in [0.25, 0.3) is 0 Å². The largest absolute Gasteiger partial charge is 0.458 e. The molecule has 0 bridgehead atoms. The van der Waals surface area contributed by atoms with Gasteiger partial charge in [-0.25, -0.2) is 9.59 Å². The molecule has 2 atom stereocenters. The summed E-state index contributed by atoms with van der Waals surface area (Å²) in [6.07, 6.45) is -0.659. The van der Waals surface area contributed by atoms with Crippen molar-refractivity contribution in [1.29, 1.82) is 0 Å². The number of amides is 1. The van der Waals surface area contributed by atoms with Gasteiger partial charge in [0, 0.05) is 5.33 Å². The van der Waals surface area contributed by atoms with Gasteiger partial charge in [0.1, 0.15) is 17.2 Å². The second-order valence-corrected chi connectivity index (χ2v) is 7.77. The Morgan fingerprint density at radius 3 is 1.95 bits per heavy atom. The maximum Gasteiger partial charge on any atom is 0.408 e. The maximum absolute atomic E-state index is 12.2. The van der Waals surface area contributed by atoms with Crippen molar-refractivity contribution in [1.82, 2.24) is 5.32 Å². The van der Waals surface area contributed by atoms with Gasteiger partial charge in [-0.2, -0.15) is 0 Å². The Kier molecular flexibility index (Phi) is 8.39. The van der Waals surface area contributed by atoms with Crippen LogP contribution in [-0.2, 0) is 14.3 Å². The van der Waals surface area contributed by atoms with E-state index in [1.165, 1.54) is 0 Å². The van der Waals surface area contributed by atoms with E-state index in [1.54, 1.807) is 41.5 Å². The van der Waals surface area contributed by atoms with Crippen molar-refractivity contribution in [2.75, 3.05) is 5.33 Å². The van der Waals surface area contributed by atoms with E-state index >= 15 is 0 Å². The zero-order valence-electron chi connectivity index (χ0n) is 14.2. The number of esters is 1. The standard InChI is InChI=1S/C15H28BrNO5/c1-14(2,3)21-12(19)11(8-7-10(18)9-16)17-13(20)22-15(4,5)6/h10-11,18H,7-9H2,1-6H3,(H,17,20)/t10?,11-/m0/s1. The summed E-state index contributed by atoms with van der Waals surface area (Å²) in [6, 6.07) is -0.859. The van der Waals surface area contributed by atoms with E-state index in [1.807, 2.05) is 0 Å². The molecular weight excluding hydrogens is 354 g/mol. The number of alkyl halides is 1. The second kappa shape index (κ2) is 8.72. The van der Waals surface area contributed by atoms with Gasteiger partial charge < -0.3 is 19.9 Å². The van der Waals surface area contributed by atoms with Gasteiger partial charge in [0.15, 0.2) is 0 Å². The van der Waals surface area contributed by atoms with Gasteiger partial charge in [-0.1, -0.05) is 15.9 Å². The van der Waals surface area contributed by atoms with Crippen LogP contribution in [0.5, 0.6) is 0 Å². The number of ether oxygens (including phenoxy) is 2. The van der Waals surface area contributed by atoms with Crippen LogP contribution >= 0.6 is 15.9 Å². The van der Waals surface area contributed by atoms with Crippen LogP contribution in [0.1, 0.15) is 54.4 Å². The summed E-state index contributed by atoms with van der Waals surface area (Å²) in [5.74, 6) is -0.542. The summed E-state index contributed by atoms with van der Waals surface area (Å²) < 4.78 is 10.4. The minimum atomic E-state index is -0.859. The van der Waals surface area contributed by atoms with Crippen molar-refractivity contribution >= 4 is 28.0 Å². The van der Waals surface area contributed by atoms with Crippen LogP contribution < -0.4 is 5.32 Å². The Morgan fingerprint density at radius 2 is 1.55 bits per heavy atom. The van der Waals surface area contributed by atoms with Gasteiger partial charge in [-0.05, 0) is 54.4 Å². The smallest absolute Gasteiger partial charge is 0.408 e. The third-order valence-corrected chi connectivity index (χ3v) is 3.10. The highest BCUT2D eigenvalue weighted by molar-refractivity contribution is 9.09. The fraction of sp³-hybridized carbons (Fsp3) is 0.867. The Bertz CT molecular complexity index is 373. The van der Waals surface area contributed by atoms with Gasteiger partial charge >= 0.3 is 12.1 Å². The fourth-order valence-corrected chi connectivity index (χ4v) is 1.83. The monoisotopic (exact) mass is 381 g/mol. The van der Waals surface area contributed by atoms with Crippen LogP contribution in [-0.4, -0.2) is 45.8 Å². The van der Waals surface area contributed by atoms with Crippen molar-refractivity contribution in [2.24, 2.45) is 0 Å². The molecule has 130 valence electrons. The average molecular weight is 382 g/mol. The van der Waals surface area contributed by atoms with Crippen LogP contribution in [0.15, 0.2) is 0 Å². The first-order chi connectivity index (χ1) is 9.84. The molecule has 1 amide bonds. The maximum atomic E-state index is 12.2. The van der Waals surface area contributed by atoms with Crippen molar-refractivity contribution in [2.45, 2.75) is 77.7 Å². The minimum absolute atomic E-state index is 0.265. The van der Waals surface area contributed by atoms with E-state index in [0.717, 1.165) is 0 Å². The number of alkyl carbamates (subject to hydrolysis) is 1. The molecule has 0 heterocycles. The van der Waals surface area contributed by atoms with Gasteiger partial charge in [0.2, 0.25) is 0 Å². The third kappa shape index (κ3) is 10.8. The quantitative estimate of drug-likeness (QED) is 0.545. The molecule has 0 saturated heterocycles. The number of aliphatic hydroxyl groups is 1. The second-order valence-electron chi connectivity index (χ2n) is 7.12. The Hall–Kier alpha value is -0.820. The van der Waals surface area contributed by atoms with E-state index in [2.05, 4.69) is 21.2 Å². The summed E-state index contributed by atoms with van der Waals surface area (Å²) in [7, 11) is 0. The Morgan fingerprint density at radius 1 is 1.05 bits per heavy atom. The first-order valence-electron chi connectivity index (χ1n) is 7.30. The molecule has 0 aromatic rings. The molecule has 0 aliphatic heterocycles. The molecule has 0 aromatic carbocycles. The Balaban J connectivity index is 4.78. The van der Waals surface area contributed by atoms with Crippen LogP contribution in [0.3, 0.4) is 0 Å². The van der Waals surface area contributed by atoms with Gasteiger partial charge in [-0.15, -0.1) is 0 Å². The van der Waals surface area contributed by atoms with E-state index in [-0.39, 0.29) is 6.42 Å². The molecule has 1 unspecified atom stereocenters. The number of carbonyl (C=O) groups excluding carboxylic acids is 2. The van der Waals surface area contributed by atoms with Crippen molar-refractivity contribution < 1.29 is 24.2 Å². The van der Waals surface area contributed by atoms with Crippen LogP contribution in [0, 0.1) is 0 Å². The predicted octanol–water partition coefficient (Wildman–Crippen LogP) is 2.76. The normalized spacial score (nSPS) is 14.9. The highest BCUT2D eigenvalue weighted by atomic mass is 79.9. The van der Waals surface area contributed by atoms with Gasteiger partial charge in [0.25, 0.3) is 0 Å². The predicted molar refractivity (Wildman–Crippen MR) is 88.0 cm³/mol. The number of nitrogens with one attached hydrogen (secondary N) is 1. The average Bonchev–Trinajstić information content (AvgIpc) is 2.29. The number of rotatable bonds is 6. The first-order valence-corrected chi connectivity index (χ1v) is 8.42. The molecule has 6 nitrogen and oxygen atoms in total. The molecule has 2 N–H and O–H groups in total. The fourth-order valence-electron chi connectivity index (χ4n) is 1.51. The minimum Gasteiger partial charge on any atom is -0.458 e. The molecule has 0 aliphatic rings. The summed E-state index contributed by atoms with van der Waals surface area (Å²) in [4.78, 5) is 24.0. The zero-order chi connectivity index (χ0) is 17.6. The molecule has 0 radical (unpaired) electrons. The molecule has 7 heteroatoms. The summed E-state index contributed by atoms with van der Waals surface area (Å²) in [5, 5.41) is 12.5. The van der Waals surface area contributed by atoms with E-state index in [9.17, 15) is 14.7 Å². The topological polar surface area (TPSA) is 84.9 Å². The molecule has 0 fully saturated rings. The first kappa shape index (κ1) is 21.2. The van der Waals surface area contributed by atoms with Crippen LogP contribution in [0.4, 0.5) is 4.79 Å². The highest BCUT2D eigenvalue weighted by Gasteiger charge is 2.28. The van der Waals surface area contributed by atoms with E-state index in [0.29, 0.717) is 11.8 Å². The van der Waals surface area contributed by atoms with Crippen LogP contribution in [0.2, 0.25) is 0 Å². The number of hydrogen-bond donors (Lipinski definition) is 2. The Labute approximate surface area is 141 Å². The lowest BCUT2D eigenvalue weighted by molar-refractivity contribution is -0.157. The molecular formula is C15H28BrNO5. The number of hydrogen-bond acceptors (Lipinski definition) is 5. The van der Waals surface area contributed by atoms with Crippen molar-refractivity contribution in [3.63, 3.8) is 0 Å². The molecule has 0 saturated carbocycles. The molecule has 0 aromatic heterocycles. The van der Waals surface area contributed by atoms with Crippen molar-refractivity contribution in [3.05, 3.63) is 0 Å². The zero-order valence-corrected chi connectivity index (χ0v) is 15.8. The third-order valence-electron chi connectivity index (χ3n) is 2.35. The molecule has 0 rings (SSSR count). The van der Waals surface area contributed by atoms with Gasteiger partial charge in [-0.3, -0.25) is 0 Å². The number of halogens is 1. The van der Waals surface area contributed by atoms with Gasteiger partial charge in [0.05, 0.1) is 6.10 Å². The summed E-state index contributed by atoms with van der Waals surface area (Å²) in [5.41, 5.74) is -1.31. The lowest BCUT2D eigenvalue weighted by Crippen LogP contribution is -2.46. The summed E-state index contributed by atoms with van der Waals surface area (Å²) >= 11 is 3.16. The highest BCUT2D eigenvalue weighted by Crippen LogP contribution is 2.13. The molecule has 0 aliphatic carbocycles. The molecule has 22 heavy (non-hydrogen) atoms. The number of aliphatic hydroxyl groups excluding tert-OH is 1.